The molecule has 13 nitrogen and oxygen atoms in total. The van der Waals surface area contributed by atoms with Gasteiger partial charge in [0.15, 0.2) is 34.9 Å². The van der Waals surface area contributed by atoms with Crippen LogP contribution in [0.4, 0.5) is 0 Å². The van der Waals surface area contributed by atoms with E-state index < -0.39 is 47.1 Å². The van der Waals surface area contributed by atoms with Gasteiger partial charge in [0, 0.05) is 41.3 Å². The van der Waals surface area contributed by atoms with E-state index in [-0.39, 0.29) is 40.5 Å². The number of carboxylic acid groups (broad SMARTS) is 1. The standard InChI is InChI=1S/C22H18O10.C10H10O3/c23-11-6-14(25)12-8-19(32-22(30)10-4-16(27)20(29)17(28)5-10)21(31-18(12)7-11)9-1-2-13(24)15(26)3-9;1-13-9-5-3-2-4-8(9)6-7-10(11)12/h1-7,19,21,23-29H,8H2;2-7H,1H3,(H,11,12). The molecule has 45 heavy (non-hydrogen) atoms. The summed E-state index contributed by atoms with van der Waals surface area (Å²) in [6, 6.07) is 15.3. The third-order valence-electron chi connectivity index (χ3n) is 6.60. The highest BCUT2D eigenvalue weighted by molar-refractivity contribution is 5.91. The number of fused-ring (bicyclic) bond motifs is 1. The van der Waals surface area contributed by atoms with Gasteiger partial charge in [0.1, 0.15) is 29.1 Å². The van der Waals surface area contributed by atoms with Crippen molar-refractivity contribution < 1.29 is 64.7 Å². The van der Waals surface area contributed by atoms with Crippen molar-refractivity contribution in [1.29, 1.82) is 0 Å². The average Bonchev–Trinajstić information content (AvgIpc) is 3.00. The number of ether oxygens (including phenoxy) is 3. The van der Waals surface area contributed by atoms with Crippen molar-refractivity contribution in [2.75, 3.05) is 7.11 Å². The molecule has 8 N–H and O–H groups in total. The monoisotopic (exact) mass is 620 g/mol. The fraction of sp³-hybridized carbons (Fsp3) is 0.125. The molecule has 0 saturated heterocycles. The minimum Gasteiger partial charge on any atom is -0.508 e. The van der Waals surface area contributed by atoms with Gasteiger partial charge in [-0.05, 0) is 36.4 Å². The van der Waals surface area contributed by atoms with Crippen molar-refractivity contribution in [3.63, 3.8) is 0 Å². The molecule has 4 aromatic carbocycles. The summed E-state index contributed by atoms with van der Waals surface area (Å²) < 4.78 is 16.4. The van der Waals surface area contributed by atoms with Crippen molar-refractivity contribution in [1.82, 2.24) is 0 Å². The quantitative estimate of drug-likeness (QED) is 0.0855. The molecule has 0 radical (unpaired) electrons. The fourth-order valence-corrected chi connectivity index (χ4v) is 4.44. The normalized spacial score (nSPS) is 15.2. The lowest BCUT2D eigenvalue weighted by atomic mass is 9.93. The number of benzene rings is 4. The zero-order valence-corrected chi connectivity index (χ0v) is 23.5. The van der Waals surface area contributed by atoms with Crippen LogP contribution in [0.2, 0.25) is 0 Å². The Morgan fingerprint density at radius 3 is 2.16 bits per heavy atom. The van der Waals surface area contributed by atoms with Gasteiger partial charge in [-0.2, -0.15) is 0 Å². The highest BCUT2D eigenvalue weighted by atomic mass is 16.6. The molecule has 234 valence electrons. The largest absolute Gasteiger partial charge is 0.508 e. The Morgan fingerprint density at radius 1 is 0.822 bits per heavy atom. The lowest BCUT2D eigenvalue weighted by Crippen LogP contribution is -2.34. The van der Waals surface area contributed by atoms with Gasteiger partial charge in [-0.1, -0.05) is 24.3 Å². The van der Waals surface area contributed by atoms with Crippen LogP contribution >= 0.6 is 0 Å². The first-order valence-corrected chi connectivity index (χ1v) is 13.1. The van der Waals surface area contributed by atoms with Crippen molar-refractivity contribution in [2.45, 2.75) is 18.6 Å². The van der Waals surface area contributed by atoms with Crippen LogP contribution in [0.5, 0.6) is 51.7 Å². The Bertz CT molecular complexity index is 1740. The van der Waals surface area contributed by atoms with Crippen LogP contribution < -0.4 is 9.47 Å². The summed E-state index contributed by atoms with van der Waals surface area (Å²) in [5.74, 6) is -4.73. The summed E-state index contributed by atoms with van der Waals surface area (Å²) in [4.78, 5) is 22.9. The number of carbonyl (C=O) groups excluding carboxylic acids is 1. The number of phenols is 7. The van der Waals surface area contributed by atoms with Gasteiger partial charge < -0.3 is 55.1 Å². The van der Waals surface area contributed by atoms with Crippen molar-refractivity contribution in [3.05, 3.63) is 95.1 Å². The molecule has 2 unspecified atom stereocenters. The minimum atomic E-state index is -1.06. The maximum Gasteiger partial charge on any atom is 0.338 e. The predicted octanol–water partition coefficient (Wildman–Crippen LogP) is 4.32. The number of aromatic hydroxyl groups is 7. The molecule has 4 aromatic rings. The summed E-state index contributed by atoms with van der Waals surface area (Å²) in [5.41, 5.74) is 1.08. The summed E-state index contributed by atoms with van der Waals surface area (Å²) in [5, 5.41) is 76.7. The molecule has 0 aromatic heterocycles. The van der Waals surface area contributed by atoms with E-state index in [4.69, 9.17) is 19.3 Å². The molecule has 1 heterocycles. The van der Waals surface area contributed by atoms with Crippen molar-refractivity contribution >= 4 is 18.0 Å². The minimum absolute atomic E-state index is 0.0461. The number of rotatable bonds is 6. The van der Waals surface area contributed by atoms with Gasteiger partial charge in [-0.15, -0.1) is 0 Å². The van der Waals surface area contributed by atoms with Crippen LogP contribution in [0.1, 0.15) is 33.2 Å². The van der Waals surface area contributed by atoms with Crippen molar-refractivity contribution in [2.24, 2.45) is 0 Å². The van der Waals surface area contributed by atoms with E-state index in [1.54, 1.807) is 19.2 Å². The van der Waals surface area contributed by atoms with E-state index in [0.717, 1.165) is 29.8 Å². The van der Waals surface area contributed by atoms with Gasteiger partial charge in [0.2, 0.25) is 0 Å². The van der Waals surface area contributed by atoms with Gasteiger partial charge in [-0.25, -0.2) is 9.59 Å². The number of phenolic OH excluding ortho intramolecular Hbond substituents is 7. The molecule has 0 fully saturated rings. The second-order valence-electron chi connectivity index (χ2n) is 9.65. The molecule has 0 saturated carbocycles. The van der Waals surface area contributed by atoms with Crippen LogP contribution in [0.25, 0.3) is 6.08 Å². The van der Waals surface area contributed by atoms with E-state index >= 15 is 0 Å². The average molecular weight is 621 g/mol. The Hall–Kier alpha value is -6.24. The maximum atomic E-state index is 12.7. The zero-order valence-electron chi connectivity index (χ0n) is 23.5. The molecule has 2 atom stereocenters. The first-order chi connectivity index (χ1) is 21.4. The fourth-order valence-electron chi connectivity index (χ4n) is 4.44. The summed E-state index contributed by atoms with van der Waals surface area (Å²) >= 11 is 0. The highest BCUT2D eigenvalue weighted by Gasteiger charge is 2.37. The second kappa shape index (κ2) is 13.4. The topological polar surface area (TPSA) is 224 Å². The smallest absolute Gasteiger partial charge is 0.338 e. The molecule has 1 aliphatic rings. The highest BCUT2D eigenvalue weighted by Crippen LogP contribution is 2.44. The van der Waals surface area contributed by atoms with E-state index in [2.05, 4.69) is 0 Å². The van der Waals surface area contributed by atoms with Gasteiger partial charge in [0.05, 0.1) is 12.7 Å². The van der Waals surface area contributed by atoms with Gasteiger partial charge in [0.25, 0.3) is 0 Å². The number of para-hydroxylation sites is 1. The molecule has 5 rings (SSSR count). The Balaban J connectivity index is 0.000000297. The van der Waals surface area contributed by atoms with E-state index in [9.17, 15) is 45.3 Å². The number of carbonyl (C=O) groups is 2. The lowest BCUT2D eigenvalue weighted by molar-refractivity contribution is -0.131. The summed E-state index contributed by atoms with van der Waals surface area (Å²) in [6.45, 7) is 0. The van der Waals surface area contributed by atoms with E-state index in [1.165, 1.54) is 30.3 Å². The Kier molecular flexibility index (Phi) is 9.42. The first kappa shape index (κ1) is 31.7. The summed E-state index contributed by atoms with van der Waals surface area (Å²) in [6.07, 6.45) is 0.458. The third-order valence-corrected chi connectivity index (χ3v) is 6.60. The van der Waals surface area contributed by atoms with Crippen LogP contribution in [-0.4, -0.2) is 66.0 Å². The van der Waals surface area contributed by atoms with Crippen LogP contribution in [0.15, 0.2) is 72.8 Å². The van der Waals surface area contributed by atoms with Gasteiger partial charge in [-0.3, -0.25) is 0 Å². The molecule has 13 heteroatoms. The Morgan fingerprint density at radius 2 is 1.51 bits per heavy atom. The number of hydrogen-bond donors (Lipinski definition) is 8. The maximum absolute atomic E-state index is 12.7. The van der Waals surface area contributed by atoms with Gasteiger partial charge >= 0.3 is 11.9 Å². The second-order valence-corrected chi connectivity index (χ2v) is 9.65. The lowest BCUT2D eigenvalue weighted by Gasteiger charge is -2.34. The van der Waals surface area contributed by atoms with Crippen LogP contribution in [0.3, 0.4) is 0 Å². The molecule has 0 amide bonds. The van der Waals surface area contributed by atoms with Crippen LogP contribution in [-0.2, 0) is 16.0 Å². The first-order valence-electron chi connectivity index (χ1n) is 13.1. The van der Waals surface area contributed by atoms with E-state index in [1.807, 2.05) is 12.1 Å². The summed E-state index contributed by atoms with van der Waals surface area (Å²) in [7, 11) is 1.55. The number of esters is 1. The number of methoxy groups -OCH3 is 1. The third kappa shape index (κ3) is 7.40. The van der Waals surface area contributed by atoms with Crippen LogP contribution in [0, 0.1) is 0 Å². The zero-order chi connectivity index (χ0) is 32.8. The van der Waals surface area contributed by atoms with Crippen molar-refractivity contribution in [3.8, 4) is 51.7 Å². The number of aliphatic carboxylic acids is 1. The molecule has 0 spiro atoms. The molecule has 1 aliphatic heterocycles. The van der Waals surface area contributed by atoms with E-state index in [0.29, 0.717) is 11.3 Å². The number of carboxylic acids is 1. The molecule has 0 aliphatic carbocycles. The number of hydrogen-bond acceptors (Lipinski definition) is 12. The molecular weight excluding hydrogens is 592 g/mol. The SMILES string of the molecule is COc1ccccc1C=CC(=O)O.O=C(OC1Cc2c(O)cc(O)cc2OC1c1ccc(O)c(O)c1)c1cc(O)c(O)c(O)c1. The predicted molar refractivity (Wildman–Crippen MR) is 157 cm³/mol. The Labute approximate surface area is 255 Å². The molecule has 0 bridgehead atoms. The molecular formula is C32H28O13.